The number of thioether (sulfide) groups is 1. The van der Waals surface area contributed by atoms with Crippen LogP contribution in [0.1, 0.15) is 13.8 Å². The first-order valence-electron chi connectivity index (χ1n) is 7.58. The van der Waals surface area contributed by atoms with Crippen LogP contribution in [0.4, 0.5) is 0 Å². The summed E-state index contributed by atoms with van der Waals surface area (Å²) in [5.74, 6) is 0.388. The second kappa shape index (κ2) is 7.00. The van der Waals surface area contributed by atoms with Crippen molar-refractivity contribution in [3.8, 4) is 5.69 Å². The first-order valence-corrected chi connectivity index (χ1v) is 9.32. The normalized spacial score (nSPS) is 11.9. The second-order valence-electron chi connectivity index (χ2n) is 6.27. The fourth-order valence-corrected chi connectivity index (χ4v) is 3.55. The van der Waals surface area contributed by atoms with Crippen molar-refractivity contribution in [3.63, 3.8) is 0 Å². The molecular weight excluding hydrogens is 379 g/mol. The Balaban J connectivity index is 2.23. The SMILES string of the molecule is CC(C)(O)CSc1nc2cc(Cl)ccc2c(=O)n1-c1ccc(Cl)cc1. The fourth-order valence-electron chi connectivity index (χ4n) is 2.29. The number of aliphatic hydroxyl groups is 1. The van der Waals surface area contributed by atoms with E-state index in [4.69, 9.17) is 23.2 Å². The summed E-state index contributed by atoms with van der Waals surface area (Å²) in [5, 5.41) is 12.1. The number of hydrogen-bond acceptors (Lipinski definition) is 4. The van der Waals surface area contributed by atoms with Crippen molar-refractivity contribution in [3.05, 3.63) is 62.9 Å². The van der Waals surface area contributed by atoms with Crippen LogP contribution >= 0.6 is 35.0 Å². The van der Waals surface area contributed by atoms with Crippen LogP contribution in [0.25, 0.3) is 16.6 Å². The maximum atomic E-state index is 13.0. The van der Waals surface area contributed by atoms with E-state index in [1.807, 2.05) is 0 Å². The average molecular weight is 395 g/mol. The van der Waals surface area contributed by atoms with Crippen molar-refractivity contribution < 1.29 is 5.11 Å². The first-order chi connectivity index (χ1) is 11.7. The molecule has 0 amide bonds. The zero-order chi connectivity index (χ0) is 18.2. The number of aromatic nitrogens is 2. The van der Waals surface area contributed by atoms with Crippen molar-refractivity contribution >= 4 is 45.9 Å². The summed E-state index contributed by atoms with van der Waals surface area (Å²) in [7, 11) is 0. The molecule has 0 atom stereocenters. The Morgan fingerprint density at radius 3 is 2.40 bits per heavy atom. The van der Waals surface area contributed by atoms with Crippen LogP contribution in [0.5, 0.6) is 0 Å². The number of fused-ring (bicyclic) bond motifs is 1. The maximum absolute atomic E-state index is 13.0. The third kappa shape index (κ3) is 4.18. The molecule has 1 heterocycles. The molecule has 0 aliphatic heterocycles. The highest BCUT2D eigenvalue weighted by Gasteiger charge is 2.18. The lowest BCUT2D eigenvalue weighted by Crippen LogP contribution is -2.25. The van der Waals surface area contributed by atoms with E-state index in [9.17, 15) is 9.90 Å². The van der Waals surface area contributed by atoms with Gasteiger partial charge in [0.15, 0.2) is 5.16 Å². The van der Waals surface area contributed by atoms with E-state index in [2.05, 4.69) is 4.98 Å². The maximum Gasteiger partial charge on any atom is 0.266 e. The van der Waals surface area contributed by atoms with Crippen molar-refractivity contribution in [2.75, 3.05) is 5.75 Å². The summed E-state index contributed by atoms with van der Waals surface area (Å²) in [6.45, 7) is 3.42. The molecule has 25 heavy (non-hydrogen) atoms. The van der Waals surface area contributed by atoms with Crippen LogP contribution in [-0.2, 0) is 0 Å². The van der Waals surface area contributed by atoms with Crippen LogP contribution in [0, 0.1) is 0 Å². The Morgan fingerprint density at radius 2 is 1.76 bits per heavy atom. The highest BCUT2D eigenvalue weighted by atomic mass is 35.5. The highest BCUT2D eigenvalue weighted by Crippen LogP contribution is 2.26. The van der Waals surface area contributed by atoms with Gasteiger partial charge in [-0.3, -0.25) is 9.36 Å². The van der Waals surface area contributed by atoms with E-state index in [0.29, 0.717) is 37.5 Å². The van der Waals surface area contributed by atoms with Gasteiger partial charge in [-0.25, -0.2) is 4.98 Å². The predicted octanol–water partition coefficient (Wildman–Crippen LogP) is 4.56. The van der Waals surface area contributed by atoms with Crippen LogP contribution in [0.15, 0.2) is 52.4 Å². The minimum Gasteiger partial charge on any atom is -0.390 e. The van der Waals surface area contributed by atoms with Crippen molar-refractivity contribution in [1.29, 1.82) is 0 Å². The molecule has 7 heteroatoms. The molecule has 1 N–H and O–H groups in total. The molecule has 0 bridgehead atoms. The van der Waals surface area contributed by atoms with E-state index in [0.717, 1.165) is 0 Å². The second-order valence-corrected chi connectivity index (χ2v) is 8.09. The van der Waals surface area contributed by atoms with E-state index < -0.39 is 5.60 Å². The van der Waals surface area contributed by atoms with Gasteiger partial charge in [-0.15, -0.1) is 0 Å². The zero-order valence-electron chi connectivity index (χ0n) is 13.7. The minimum absolute atomic E-state index is 0.192. The zero-order valence-corrected chi connectivity index (χ0v) is 16.0. The summed E-state index contributed by atoms with van der Waals surface area (Å²) < 4.78 is 1.53. The molecule has 0 spiro atoms. The summed E-state index contributed by atoms with van der Waals surface area (Å²) in [6.07, 6.45) is 0. The summed E-state index contributed by atoms with van der Waals surface area (Å²) >= 11 is 13.3. The lowest BCUT2D eigenvalue weighted by atomic mass is 10.2. The van der Waals surface area contributed by atoms with Gasteiger partial charge in [-0.05, 0) is 56.3 Å². The van der Waals surface area contributed by atoms with Crippen LogP contribution < -0.4 is 5.56 Å². The van der Waals surface area contributed by atoms with Gasteiger partial charge in [0.1, 0.15) is 0 Å². The molecule has 0 radical (unpaired) electrons. The standard InChI is InChI=1S/C18H16Cl2N2O2S/c1-18(2,24)10-25-17-21-15-9-12(20)5-8-14(15)16(23)22(17)13-6-3-11(19)4-7-13/h3-9,24H,10H2,1-2H3. The third-order valence-corrected chi connectivity index (χ3v) is 5.31. The van der Waals surface area contributed by atoms with E-state index in [1.54, 1.807) is 56.3 Å². The van der Waals surface area contributed by atoms with Crippen molar-refractivity contribution in [2.24, 2.45) is 0 Å². The molecule has 0 saturated heterocycles. The Kier molecular flexibility index (Phi) is 5.11. The molecule has 4 nitrogen and oxygen atoms in total. The van der Waals surface area contributed by atoms with E-state index in [1.165, 1.54) is 16.3 Å². The van der Waals surface area contributed by atoms with Crippen molar-refractivity contribution in [2.45, 2.75) is 24.6 Å². The number of nitrogens with zero attached hydrogens (tertiary/aromatic N) is 2. The van der Waals surface area contributed by atoms with Gasteiger partial charge >= 0.3 is 0 Å². The summed E-state index contributed by atoms with van der Waals surface area (Å²) in [5.41, 5.74) is 0.108. The Bertz CT molecular complexity index is 979. The molecule has 130 valence electrons. The Hall–Kier alpha value is -1.53. The topological polar surface area (TPSA) is 55.1 Å². The molecule has 0 saturated carbocycles. The Labute approximate surface area is 159 Å². The number of rotatable bonds is 4. The first kappa shape index (κ1) is 18.3. The van der Waals surface area contributed by atoms with Crippen LogP contribution in [0.2, 0.25) is 10.0 Å². The van der Waals surface area contributed by atoms with Gasteiger partial charge in [-0.1, -0.05) is 35.0 Å². The lowest BCUT2D eigenvalue weighted by Gasteiger charge is -2.18. The minimum atomic E-state index is -0.892. The smallest absolute Gasteiger partial charge is 0.266 e. The highest BCUT2D eigenvalue weighted by molar-refractivity contribution is 7.99. The van der Waals surface area contributed by atoms with Gasteiger partial charge in [0, 0.05) is 15.8 Å². The van der Waals surface area contributed by atoms with Gasteiger partial charge in [0.05, 0.1) is 22.2 Å². The van der Waals surface area contributed by atoms with Gasteiger partial charge in [-0.2, -0.15) is 0 Å². The van der Waals surface area contributed by atoms with Crippen LogP contribution in [-0.4, -0.2) is 26.0 Å². The quantitative estimate of drug-likeness (QED) is 0.520. The van der Waals surface area contributed by atoms with E-state index >= 15 is 0 Å². The molecule has 0 aliphatic rings. The molecule has 0 aliphatic carbocycles. The molecule has 2 aromatic carbocycles. The monoisotopic (exact) mass is 394 g/mol. The van der Waals surface area contributed by atoms with Gasteiger partial charge in [0.25, 0.3) is 5.56 Å². The van der Waals surface area contributed by atoms with Gasteiger partial charge < -0.3 is 5.11 Å². The molecule has 3 rings (SSSR count). The largest absolute Gasteiger partial charge is 0.390 e. The molecule has 3 aromatic rings. The molecule has 0 unspecified atom stereocenters. The summed E-state index contributed by atoms with van der Waals surface area (Å²) in [4.78, 5) is 17.6. The fraction of sp³-hybridized carbons (Fsp3) is 0.222. The molecule has 0 fully saturated rings. The predicted molar refractivity (Wildman–Crippen MR) is 104 cm³/mol. The Morgan fingerprint density at radius 1 is 1.12 bits per heavy atom. The lowest BCUT2D eigenvalue weighted by molar-refractivity contribution is 0.107. The third-order valence-electron chi connectivity index (χ3n) is 3.44. The average Bonchev–Trinajstić information content (AvgIpc) is 2.53. The van der Waals surface area contributed by atoms with Crippen LogP contribution in [0.3, 0.4) is 0 Å². The number of halogens is 2. The summed E-state index contributed by atoms with van der Waals surface area (Å²) in [6, 6.07) is 12.0. The number of hydrogen-bond donors (Lipinski definition) is 1. The molecular formula is C18H16Cl2N2O2S. The van der Waals surface area contributed by atoms with Gasteiger partial charge in [0.2, 0.25) is 0 Å². The molecule has 1 aromatic heterocycles. The van der Waals surface area contributed by atoms with E-state index in [-0.39, 0.29) is 5.56 Å². The van der Waals surface area contributed by atoms with Crippen molar-refractivity contribution in [1.82, 2.24) is 9.55 Å². The number of benzene rings is 2.